The summed E-state index contributed by atoms with van der Waals surface area (Å²) >= 11 is 0. The third-order valence-electron chi connectivity index (χ3n) is 3.09. The zero-order valence-corrected chi connectivity index (χ0v) is 11.4. The number of rotatable bonds is 11. The number of hydrogen-bond acceptors (Lipinski definition) is 1. The predicted molar refractivity (Wildman–Crippen MR) is 78.7 cm³/mol. The molecule has 1 nitrogen and oxygen atoms in total. The summed E-state index contributed by atoms with van der Waals surface area (Å²) in [4.78, 5) is 0. The van der Waals surface area contributed by atoms with Gasteiger partial charge in [-0.1, -0.05) is 43.9 Å². The molecule has 1 aromatic heterocycles. The highest BCUT2D eigenvalue weighted by atomic mass is 16.3. The average molecular weight is 246 g/mol. The molecule has 0 aliphatic carbocycles. The summed E-state index contributed by atoms with van der Waals surface area (Å²) in [6.45, 7) is 3.74. The number of unbranched alkanes of at least 4 members (excludes halogenated alkanes) is 7. The fourth-order valence-corrected chi connectivity index (χ4v) is 2.00. The molecule has 0 aromatic carbocycles. The van der Waals surface area contributed by atoms with Crippen LogP contribution in [-0.2, 0) is 6.42 Å². The maximum Gasteiger partial charge on any atom is 0.107 e. The van der Waals surface area contributed by atoms with E-state index in [-0.39, 0.29) is 0 Å². The van der Waals surface area contributed by atoms with Gasteiger partial charge in [-0.2, -0.15) is 0 Å². The normalized spacial score (nSPS) is 11.1. The van der Waals surface area contributed by atoms with Crippen molar-refractivity contribution in [2.75, 3.05) is 0 Å². The van der Waals surface area contributed by atoms with E-state index >= 15 is 0 Å². The Balaban J connectivity index is 1.83. The van der Waals surface area contributed by atoms with E-state index in [0.717, 1.165) is 12.2 Å². The van der Waals surface area contributed by atoms with Crippen LogP contribution >= 0.6 is 0 Å². The van der Waals surface area contributed by atoms with Crippen molar-refractivity contribution >= 4 is 0 Å². The van der Waals surface area contributed by atoms with Gasteiger partial charge in [0.15, 0.2) is 0 Å². The molecule has 100 valence electrons. The molecule has 0 amide bonds. The second kappa shape index (κ2) is 10.9. The molecule has 0 fully saturated rings. The zero-order valence-electron chi connectivity index (χ0n) is 11.4. The molecular weight excluding hydrogens is 220 g/mol. The molecular formula is C17H26O. The second-order valence-electron chi connectivity index (χ2n) is 4.74. The molecule has 0 radical (unpaired) electrons. The minimum absolute atomic E-state index is 0.925. The predicted octanol–water partition coefficient (Wildman–Crippen LogP) is 5.69. The van der Waals surface area contributed by atoms with E-state index in [9.17, 15) is 0 Å². The number of hydrogen-bond donors (Lipinski definition) is 0. The number of allylic oxidation sites excluding steroid dienone is 3. The van der Waals surface area contributed by atoms with Gasteiger partial charge >= 0.3 is 0 Å². The van der Waals surface area contributed by atoms with E-state index in [4.69, 9.17) is 4.42 Å². The van der Waals surface area contributed by atoms with Crippen molar-refractivity contribution < 1.29 is 4.42 Å². The fourth-order valence-electron chi connectivity index (χ4n) is 2.00. The summed E-state index contributed by atoms with van der Waals surface area (Å²) in [6, 6.07) is 3.96. The summed E-state index contributed by atoms with van der Waals surface area (Å²) in [5.74, 6) is 1.05. The molecule has 0 aliphatic heterocycles. The SMILES string of the molecule is C=CCCCCCCCCC=CCc1ccco1. The third kappa shape index (κ3) is 7.94. The molecule has 1 aromatic rings. The lowest BCUT2D eigenvalue weighted by Crippen LogP contribution is -1.79. The lowest BCUT2D eigenvalue weighted by molar-refractivity contribution is 0.522. The highest BCUT2D eigenvalue weighted by molar-refractivity contribution is 5.03. The topological polar surface area (TPSA) is 13.1 Å². The molecule has 1 rings (SSSR count). The Morgan fingerprint density at radius 1 is 0.944 bits per heavy atom. The van der Waals surface area contributed by atoms with E-state index < -0.39 is 0 Å². The van der Waals surface area contributed by atoms with Gasteiger partial charge in [0.1, 0.15) is 5.76 Å². The maximum absolute atomic E-state index is 5.27. The van der Waals surface area contributed by atoms with Crippen molar-refractivity contribution in [1.29, 1.82) is 0 Å². The summed E-state index contributed by atoms with van der Waals surface area (Å²) in [5.41, 5.74) is 0. The van der Waals surface area contributed by atoms with Gasteiger partial charge in [-0.3, -0.25) is 0 Å². The summed E-state index contributed by atoms with van der Waals surface area (Å²) in [6.07, 6.45) is 19.6. The largest absolute Gasteiger partial charge is 0.469 e. The molecule has 0 N–H and O–H groups in total. The second-order valence-corrected chi connectivity index (χ2v) is 4.74. The molecule has 1 heteroatoms. The molecule has 0 saturated heterocycles. The lowest BCUT2D eigenvalue weighted by atomic mass is 10.1. The first-order chi connectivity index (χ1) is 8.93. The molecule has 0 atom stereocenters. The van der Waals surface area contributed by atoms with Crippen LogP contribution in [0.4, 0.5) is 0 Å². The molecule has 0 saturated carbocycles. The van der Waals surface area contributed by atoms with Crippen LogP contribution in [0, 0.1) is 0 Å². The third-order valence-corrected chi connectivity index (χ3v) is 3.09. The van der Waals surface area contributed by atoms with Crippen molar-refractivity contribution in [1.82, 2.24) is 0 Å². The first-order valence-corrected chi connectivity index (χ1v) is 7.22. The van der Waals surface area contributed by atoms with Gasteiger partial charge in [-0.15, -0.1) is 6.58 Å². The van der Waals surface area contributed by atoms with Gasteiger partial charge in [0.2, 0.25) is 0 Å². The minimum atomic E-state index is 0.925. The van der Waals surface area contributed by atoms with Crippen LogP contribution in [0.1, 0.15) is 57.1 Å². The van der Waals surface area contributed by atoms with E-state index in [2.05, 4.69) is 18.7 Å². The zero-order chi connectivity index (χ0) is 12.9. The lowest BCUT2D eigenvalue weighted by Gasteiger charge is -1.99. The Hall–Kier alpha value is -1.24. The molecule has 0 bridgehead atoms. The highest BCUT2D eigenvalue weighted by Crippen LogP contribution is 2.09. The van der Waals surface area contributed by atoms with Gasteiger partial charge in [0.25, 0.3) is 0 Å². The highest BCUT2D eigenvalue weighted by Gasteiger charge is 1.91. The van der Waals surface area contributed by atoms with Crippen molar-refractivity contribution in [3.8, 4) is 0 Å². The van der Waals surface area contributed by atoms with Crippen molar-refractivity contribution in [2.24, 2.45) is 0 Å². The summed E-state index contributed by atoms with van der Waals surface area (Å²) in [5, 5.41) is 0. The van der Waals surface area contributed by atoms with Crippen LogP contribution in [0.15, 0.2) is 47.6 Å². The van der Waals surface area contributed by atoms with E-state index in [1.807, 2.05) is 18.2 Å². The summed E-state index contributed by atoms with van der Waals surface area (Å²) < 4.78 is 5.27. The Morgan fingerprint density at radius 3 is 2.33 bits per heavy atom. The Kier molecular flexibility index (Phi) is 8.96. The first-order valence-electron chi connectivity index (χ1n) is 7.22. The molecule has 0 aliphatic rings. The summed E-state index contributed by atoms with van der Waals surface area (Å²) in [7, 11) is 0. The maximum atomic E-state index is 5.27. The van der Waals surface area contributed by atoms with E-state index in [0.29, 0.717) is 0 Å². The van der Waals surface area contributed by atoms with Crippen molar-refractivity contribution in [2.45, 2.75) is 57.8 Å². The first kappa shape index (κ1) is 14.8. The van der Waals surface area contributed by atoms with Crippen LogP contribution in [-0.4, -0.2) is 0 Å². The molecule has 18 heavy (non-hydrogen) atoms. The van der Waals surface area contributed by atoms with E-state index in [1.54, 1.807) is 6.26 Å². The van der Waals surface area contributed by atoms with Crippen LogP contribution < -0.4 is 0 Å². The minimum Gasteiger partial charge on any atom is -0.469 e. The van der Waals surface area contributed by atoms with Gasteiger partial charge in [-0.25, -0.2) is 0 Å². The molecule has 0 spiro atoms. The van der Waals surface area contributed by atoms with E-state index in [1.165, 1.54) is 51.4 Å². The van der Waals surface area contributed by atoms with Crippen LogP contribution in [0.5, 0.6) is 0 Å². The van der Waals surface area contributed by atoms with Crippen LogP contribution in [0.2, 0.25) is 0 Å². The Morgan fingerprint density at radius 2 is 1.67 bits per heavy atom. The quantitative estimate of drug-likeness (QED) is 0.361. The van der Waals surface area contributed by atoms with Gasteiger partial charge in [0, 0.05) is 6.42 Å². The fraction of sp³-hybridized carbons (Fsp3) is 0.529. The van der Waals surface area contributed by atoms with Gasteiger partial charge in [0.05, 0.1) is 6.26 Å². The Labute approximate surface area is 112 Å². The van der Waals surface area contributed by atoms with Crippen LogP contribution in [0.3, 0.4) is 0 Å². The standard InChI is InChI=1S/C17H26O/c1-2-3-4-5-6-7-8-9-10-11-12-14-17-15-13-16-18-17/h2,11-13,15-16H,1,3-10,14H2. The average Bonchev–Trinajstić information content (AvgIpc) is 2.89. The molecule has 0 unspecified atom stereocenters. The van der Waals surface area contributed by atoms with Gasteiger partial charge in [-0.05, 0) is 37.8 Å². The van der Waals surface area contributed by atoms with Crippen molar-refractivity contribution in [3.63, 3.8) is 0 Å². The number of furan rings is 1. The van der Waals surface area contributed by atoms with Gasteiger partial charge < -0.3 is 4.42 Å². The van der Waals surface area contributed by atoms with Crippen molar-refractivity contribution in [3.05, 3.63) is 49.0 Å². The monoisotopic (exact) mass is 246 g/mol. The molecule has 1 heterocycles. The Bertz CT molecular complexity index is 308. The smallest absolute Gasteiger partial charge is 0.107 e. The van der Waals surface area contributed by atoms with Crippen LogP contribution in [0.25, 0.3) is 0 Å².